The van der Waals surface area contributed by atoms with E-state index in [2.05, 4.69) is 18.3 Å². The minimum absolute atomic E-state index is 0.139. The second-order valence-corrected chi connectivity index (χ2v) is 5.38. The van der Waals surface area contributed by atoms with E-state index in [4.69, 9.17) is 0 Å². The zero-order chi connectivity index (χ0) is 12.3. The Hall–Kier alpha value is -0.630. The largest absolute Gasteiger partial charge is 0.313 e. The maximum absolute atomic E-state index is 13.8. The Balaban J connectivity index is 2.00. The first kappa shape index (κ1) is 12.8. The smallest absolute Gasteiger partial charge is 0.103 e. The molecule has 0 aromatic heterocycles. The molecule has 0 radical (unpaired) electrons. The molecule has 2 aliphatic rings. The molecule has 0 aliphatic heterocycles. The molecule has 2 aliphatic carbocycles. The quantitative estimate of drug-likeness (QED) is 0.732. The van der Waals surface area contributed by atoms with Crippen LogP contribution in [-0.2, 0) is 0 Å². The maximum atomic E-state index is 13.8. The summed E-state index contributed by atoms with van der Waals surface area (Å²) in [5.74, 6) is 1.03. The van der Waals surface area contributed by atoms with Gasteiger partial charge >= 0.3 is 0 Å². The minimum atomic E-state index is 0.139. The number of hydrogen-bond acceptors (Lipinski definition) is 1. The van der Waals surface area contributed by atoms with Gasteiger partial charge in [0.25, 0.3) is 0 Å². The fourth-order valence-corrected chi connectivity index (χ4v) is 2.69. The van der Waals surface area contributed by atoms with Crippen LogP contribution in [0.25, 0.3) is 0 Å². The topological polar surface area (TPSA) is 12.0 Å². The van der Waals surface area contributed by atoms with Gasteiger partial charge in [-0.2, -0.15) is 0 Å². The Morgan fingerprint density at radius 3 is 2.76 bits per heavy atom. The third-order valence-corrected chi connectivity index (χ3v) is 4.06. The van der Waals surface area contributed by atoms with Crippen LogP contribution in [0.3, 0.4) is 0 Å². The van der Waals surface area contributed by atoms with Crippen molar-refractivity contribution in [1.29, 1.82) is 0 Å². The summed E-state index contributed by atoms with van der Waals surface area (Å²) in [6.07, 6.45) is 9.57. The van der Waals surface area contributed by atoms with Crippen LogP contribution in [0.4, 0.5) is 4.39 Å². The van der Waals surface area contributed by atoms with Crippen molar-refractivity contribution in [3.05, 3.63) is 23.0 Å². The molecular weight excluding hydrogens is 213 g/mol. The van der Waals surface area contributed by atoms with E-state index in [1.54, 1.807) is 0 Å². The standard InChI is InChI=1S/C15H24FN/c1-3-15(17-2)13-8-9-14(16)12(10-13)7-6-11-4-5-11/h10-11,15,17H,3-9H2,1-2H3. The fourth-order valence-electron chi connectivity index (χ4n) is 2.69. The molecule has 0 amide bonds. The Bertz CT molecular complexity index is 322. The monoisotopic (exact) mass is 237 g/mol. The molecule has 1 nitrogen and oxygen atoms in total. The zero-order valence-corrected chi connectivity index (χ0v) is 11.1. The Labute approximate surface area is 104 Å². The van der Waals surface area contributed by atoms with Crippen LogP contribution in [0.5, 0.6) is 0 Å². The first-order chi connectivity index (χ1) is 8.24. The first-order valence-electron chi connectivity index (χ1n) is 6.99. The van der Waals surface area contributed by atoms with Gasteiger partial charge in [-0.25, -0.2) is 4.39 Å². The third kappa shape index (κ3) is 3.41. The van der Waals surface area contributed by atoms with E-state index in [0.29, 0.717) is 12.5 Å². The Morgan fingerprint density at radius 1 is 1.41 bits per heavy atom. The van der Waals surface area contributed by atoms with E-state index in [1.807, 2.05) is 7.05 Å². The van der Waals surface area contributed by atoms with Crippen LogP contribution in [0, 0.1) is 5.92 Å². The number of rotatable bonds is 6. The van der Waals surface area contributed by atoms with Crippen molar-refractivity contribution in [1.82, 2.24) is 5.32 Å². The van der Waals surface area contributed by atoms with Gasteiger partial charge in [-0.3, -0.25) is 0 Å². The molecule has 2 rings (SSSR count). The van der Waals surface area contributed by atoms with E-state index in [-0.39, 0.29) is 5.83 Å². The lowest BCUT2D eigenvalue weighted by atomic mass is 9.90. The van der Waals surface area contributed by atoms with Crippen LogP contribution in [0.15, 0.2) is 23.0 Å². The molecule has 17 heavy (non-hydrogen) atoms. The van der Waals surface area contributed by atoms with E-state index in [0.717, 1.165) is 30.8 Å². The van der Waals surface area contributed by atoms with Crippen molar-refractivity contribution < 1.29 is 4.39 Å². The second-order valence-electron chi connectivity index (χ2n) is 5.38. The van der Waals surface area contributed by atoms with E-state index < -0.39 is 0 Å². The molecular formula is C15H24FN. The molecule has 1 saturated carbocycles. The summed E-state index contributed by atoms with van der Waals surface area (Å²) in [4.78, 5) is 0. The van der Waals surface area contributed by atoms with Gasteiger partial charge in [0.2, 0.25) is 0 Å². The number of halogens is 1. The molecule has 1 N–H and O–H groups in total. The van der Waals surface area contributed by atoms with E-state index in [1.165, 1.54) is 24.8 Å². The average Bonchev–Trinajstić information content (AvgIpc) is 3.15. The molecule has 0 aromatic carbocycles. The van der Waals surface area contributed by atoms with Crippen LogP contribution in [0.2, 0.25) is 0 Å². The highest BCUT2D eigenvalue weighted by atomic mass is 19.1. The lowest BCUT2D eigenvalue weighted by Gasteiger charge is -2.22. The molecule has 1 fully saturated rings. The predicted molar refractivity (Wildman–Crippen MR) is 70.5 cm³/mol. The van der Waals surface area contributed by atoms with Gasteiger partial charge in [0.05, 0.1) is 0 Å². The van der Waals surface area contributed by atoms with Crippen LogP contribution < -0.4 is 5.32 Å². The summed E-state index contributed by atoms with van der Waals surface area (Å²) in [5, 5.41) is 3.32. The normalized spacial score (nSPS) is 22.6. The van der Waals surface area contributed by atoms with E-state index >= 15 is 0 Å². The molecule has 0 bridgehead atoms. The molecule has 1 atom stereocenters. The van der Waals surface area contributed by atoms with Crippen molar-refractivity contribution >= 4 is 0 Å². The highest BCUT2D eigenvalue weighted by Gasteiger charge is 2.23. The lowest BCUT2D eigenvalue weighted by Crippen LogP contribution is -2.27. The van der Waals surface area contributed by atoms with Gasteiger partial charge in [0.1, 0.15) is 5.83 Å². The van der Waals surface area contributed by atoms with Crippen molar-refractivity contribution in [2.24, 2.45) is 5.92 Å². The molecule has 0 spiro atoms. The van der Waals surface area contributed by atoms with Crippen molar-refractivity contribution in [3.63, 3.8) is 0 Å². The van der Waals surface area contributed by atoms with Gasteiger partial charge < -0.3 is 5.32 Å². The molecule has 0 aromatic rings. The first-order valence-corrected chi connectivity index (χ1v) is 6.99. The minimum Gasteiger partial charge on any atom is -0.313 e. The van der Waals surface area contributed by atoms with Gasteiger partial charge in [0.15, 0.2) is 0 Å². The number of hydrogen-bond donors (Lipinski definition) is 1. The summed E-state index contributed by atoms with van der Waals surface area (Å²) in [5.41, 5.74) is 2.37. The molecule has 0 saturated heterocycles. The second kappa shape index (κ2) is 5.81. The maximum Gasteiger partial charge on any atom is 0.103 e. The van der Waals surface area contributed by atoms with Crippen LogP contribution in [0.1, 0.15) is 51.9 Å². The molecule has 2 heteroatoms. The lowest BCUT2D eigenvalue weighted by molar-refractivity contribution is 0.528. The molecule has 96 valence electrons. The van der Waals surface area contributed by atoms with Crippen molar-refractivity contribution in [2.75, 3.05) is 7.05 Å². The molecule has 0 heterocycles. The predicted octanol–water partition coefficient (Wildman–Crippen LogP) is 4.12. The van der Waals surface area contributed by atoms with Crippen LogP contribution in [-0.4, -0.2) is 13.1 Å². The van der Waals surface area contributed by atoms with Gasteiger partial charge in [-0.1, -0.05) is 31.4 Å². The summed E-state index contributed by atoms with van der Waals surface area (Å²) in [6.45, 7) is 2.18. The fraction of sp³-hybridized carbons (Fsp3) is 0.733. The summed E-state index contributed by atoms with van der Waals surface area (Å²) in [6, 6.07) is 0.430. The van der Waals surface area contributed by atoms with E-state index in [9.17, 15) is 4.39 Å². The summed E-state index contributed by atoms with van der Waals surface area (Å²) < 4.78 is 13.8. The van der Waals surface area contributed by atoms with Gasteiger partial charge in [-0.15, -0.1) is 0 Å². The summed E-state index contributed by atoms with van der Waals surface area (Å²) in [7, 11) is 1.99. The number of likely N-dealkylation sites (N-methyl/N-ethyl adjacent to an activating group) is 1. The Morgan fingerprint density at radius 2 is 2.18 bits per heavy atom. The zero-order valence-electron chi connectivity index (χ0n) is 11.1. The number of allylic oxidation sites excluding steroid dienone is 3. The van der Waals surface area contributed by atoms with Crippen molar-refractivity contribution in [3.8, 4) is 0 Å². The average molecular weight is 237 g/mol. The number of nitrogens with one attached hydrogen (secondary N) is 1. The highest BCUT2D eigenvalue weighted by Crippen LogP contribution is 2.37. The molecule has 1 unspecified atom stereocenters. The summed E-state index contributed by atoms with van der Waals surface area (Å²) >= 11 is 0. The van der Waals surface area contributed by atoms with Gasteiger partial charge in [0, 0.05) is 12.5 Å². The SMILES string of the molecule is CCC(NC)C1=CC(CCC2CC2)=C(F)CC1. The third-order valence-electron chi connectivity index (χ3n) is 4.06. The highest BCUT2D eigenvalue weighted by molar-refractivity contribution is 5.33. The van der Waals surface area contributed by atoms with Gasteiger partial charge in [-0.05, 0) is 44.2 Å². The van der Waals surface area contributed by atoms with Crippen molar-refractivity contribution in [2.45, 2.75) is 57.9 Å². The Kier molecular flexibility index (Phi) is 4.38. The van der Waals surface area contributed by atoms with Crippen LogP contribution >= 0.6 is 0 Å².